The summed E-state index contributed by atoms with van der Waals surface area (Å²) in [5.41, 5.74) is 0. The van der Waals surface area contributed by atoms with E-state index in [1.165, 1.54) is 0 Å². The molecule has 2 amide bonds. The molecule has 0 radical (unpaired) electrons. The fourth-order valence-electron chi connectivity index (χ4n) is 3.98. The van der Waals surface area contributed by atoms with E-state index in [1.807, 2.05) is 16.7 Å². The molecule has 0 aromatic carbocycles. The Morgan fingerprint density at radius 3 is 2.68 bits per heavy atom. The molecule has 3 rings (SSSR count). The molecule has 2 atom stereocenters. The van der Waals surface area contributed by atoms with Gasteiger partial charge in [-0.25, -0.2) is 0 Å². The van der Waals surface area contributed by atoms with Crippen LogP contribution in [0.4, 0.5) is 0 Å². The zero-order valence-corrected chi connectivity index (χ0v) is 15.4. The van der Waals surface area contributed by atoms with Gasteiger partial charge in [-0.2, -0.15) is 4.98 Å². The molecule has 1 aromatic heterocycles. The minimum absolute atomic E-state index is 0.121. The SMILES string of the molecule is CCC[C@@H](C)N1C[C@H](C(=O)N2CCC(c3nc(C)no3)CC2)CC1=O. The molecule has 0 saturated carbocycles. The fourth-order valence-corrected chi connectivity index (χ4v) is 3.98. The third-order valence-corrected chi connectivity index (χ3v) is 5.45. The molecule has 0 unspecified atom stereocenters. The van der Waals surface area contributed by atoms with Crippen LogP contribution in [0.25, 0.3) is 0 Å². The minimum Gasteiger partial charge on any atom is -0.342 e. The average molecular weight is 348 g/mol. The molecule has 2 aliphatic heterocycles. The van der Waals surface area contributed by atoms with Crippen molar-refractivity contribution in [1.29, 1.82) is 0 Å². The Morgan fingerprint density at radius 2 is 2.08 bits per heavy atom. The van der Waals surface area contributed by atoms with Gasteiger partial charge in [0.25, 0.3) is 0 Å². The first-order valence-corrected chi connectivity index (χ1v) is 9.38. The van der Waals surface area contributed by atoms with Gasteiger partial charge >= 0.3 is 0 Å². The van der Waals surface area contributed by atoms with E-state index in [1.54, 1.807) is 0 Å². The van der Waals surface area contributed by atoms with Gasteiger partial charge in [-0.05, 0) is 33.1 Å². The van der Waals surface area contributed by atoms with E-state index in [4.69, 9.17) is 4.52 Å². The van der Waals surface area contributed by atoms with Crippen LogP contribution in [-0.4, -0.2) is 57.4 Å². The number of likely N-dealkylation sites (tertiary alicyclic amines) is 2. The van der Waals surface area contributed by atoms with Crippen molar-refractivity contribution >= 4 is 11.8 Å². The number of carbonyl (C=O) groups is 2. The maximum Gasteiger partial charge on any atom is 0.229 e. The Morgan fingerprint density at radius 1 is 1.36 bits per heavy atom. The number of nitrogens with zero attached hydrogens (tertiary/aromatic N) is 4. The highest BCUT2D eigenvalue weighted by Gasteiger charge is 2.39. The molecule has 2 fully saturated rings. The van der Waals surface area contributed by atoms with Crippen molar-refractivity contribution < 1.29 is 14.1 Å². The van der Waals surface area contributed by atoms with Crippen molar-refractivity contribution in [3.05, 3.63) is 11.7 Å². The molecule has 7 heteroatoms. The zero-order chi connectivity index (χ0) is 18.0. The summed E-state index contributed by atoms with van der Waals surface area (Å²) in [5, 5.41) is 3.85. The first kappa shape index (κ1) is 17.9. The van der Waals surface area contributed by atoms with E-state index < -0.39 is 0 Å². The normalized spacial score (nSPS) is 23.3. The number of aromatic nitrogens is 2. The summed E-state index contributed by atoms with van der Waals surface area (Å²) >= 11 is 0. The molecule has 1 aromatic rings. The van der Waals surface area contributed by atoms with Gasteiger partial charge in [-0.15, -0.1) is 0 Å². The van der Waals surface area contributed by atoms with Gasteiger partial charge in [0.2, 0.25) is 17.7 Å². The molecule has 7 nitrogen and oxygen atoms in total. The van der Waals surface area contributed by atoms with Crippen LogP contribution in [0.5, 0.6) is 0 Å². The molecule has 0 aliphatic carbocycles. The summed E-state index contributed by atoms with van der Waals surface area (Å²) in [7, 11) is 0. The third-order valence-electron chi connectivity index (χ3n) is 5.45. The molecular weight excluding hydrogens is 320 g/mol. The van der Waals surface area contributed by atoms with Crippen molar-refractivity contribution in [2.45, 2.75) is 64.8 Å². The van der Waals surface area contributed by atoms with Gasteiger partial charge in [0.1, 0.15) is 0 Å². The van der Waals surface area contributed by atoms with Crippen LogP contribution in [0.2, 0.25) is 0 Å². The highest BCUT2D eigenvalue weighted by Crippen LogP contribution is 2.29. The van der Waals surface area contributed by atoms with Gasteiger partial charge in [0, 0.05) is 38.0 Å². The second-order valence-corrected chi connectivity index (χ2v) is 7.36. The van der Waals surface area contributed by atoms with E-state index in [-0.39, 0.29) is 29.7 Å². The van der Waals surface area contributed by atoms with E-state index in [0.29, 0.717) is 37.8 Å². The van der Waals surface area contributed by atoms with Gasteiger partial charge < -0.3 is 14.3 Å². The zero-order valence-electron chi connectivity index (χ0n) is 15.4. The molecule has 3 heterocycles. The Hall–Kier alpha value is -1.92. The molecule has 25 heavy (non-hydrogen) atoms. The maximum absolute atomic E-state index is 12.8. The van der Waals surface area contributed by atoms with Crippen molar-refractivity contribution in [1.82, 2.24) is 19.9 Å². The summed E-state index contributed by atoms with van der Waals surface area (Å²) in [6.45, 7) is 7.97. The number of rotatable bonds is 5. The number of hydrogen-bond donors (Lipinski definition) is 0. The highest BCUT2D eigenvalue weighted by molar-refractivity contribution is 5.89. The standard InChI is InChI=1S/C18H28N4O3/c1-4-5-12(2)22-11-15(10-16(22)23)18(24)21-8-6-14(7-9-21)17-19-13(3)20-25-17/h12,14-15H,4-11H2,1-3H3/t12-,15-/m1/s1. The number of hydrogen-bond acceptors (Lipinski definition) is 5. The van der Waals surface area contributed by atoms with Crippen LogP contribution >= 0.6 is 0 Å². The lowest BCUT2D eigenvalue weighted by atomic mass is 9.95. The van der Waals surface area contributed by atoms with E-state index in [0.717, 1.165) is 25.7 Å². The summed E-state index contributed by atoms with van der Waals surface area (Å²) in [4.78, 5) is 33.2. The minimum atomic E-state index is -0.186. The molecule has 2 saturated heterocycles. The van der Waals surface area contributed by atoms with Gasteiger partial charge in [-0.3, -0.25) is 9.59 Å². The van der Waals surface area contributed by atoms with Crippen LogP contribution in [0.15, 0.2) is 4.52 Å². The van der Waals surface area contributed by atoms with E-state index in [2.05, 4.69) is 24.0 Å². The van der Waals surface area contributed by atoms with Crippen molar-refractivity contribution in [3.8, 4) is 0 Å². The van der Waals surface area contributed by atoms with E-state index >= 15 is 0 Å². The quantitative estimate of drug-likeness (QED) is 0.814. The lowest BCUT2D eigenvalue weighted by molar-refractivity contribution is -0.137. The van der Waals surface area contributed by atoms with Crippen molar-refractivity contribution in [2.24, 2.45) is 5.92 Å². The molecule has 0 N–H and O–H groups in total. The highest BCUT2D eigenvalue weighted by atomic mass is 16.5. The summed E-state index contributed by atoms with van der Waals surface area (Å²) in [6, 6.07) is 0.224. The molecule has 0 bridgehead atoms. The van der Waals surface area contributed by atoms with Crippen LogP contribution < -0.4 is 0 Å². The number of carbonyl (C=O) groups excluding carboxylic acids is 2. The Balaban J connectivity index is 1.53. The van der Waals surface area contributed by atoms with Gasteiger partial charge in [-0.1, -0.05) is 18.5 Å². The Kier molecular flexibility index (Phi) is 5.39. The average Bonchev–Trinajstić information content (AvgIpc) is 3.20. The summed E-state index contributed by atoms with van der Waals surface area (Å²) in [6.07, 6.45) is 4.07. The molecule has 138 valence electrons. The monoisotopic (exact) mass is 348 g/mol. The Bertz CT molecular complexity index is 622. The lowest BCUT2D eigenvalue weighted by Gasteiger charge is -2.32. The largest absolute Gasteiger partial charge is 0.342 e. The van der Waals surface area contributed by atoms with Crippen molar-refractivity contribution in [2.75, 3.05) is 19.6 Å². The summed E-state index contributed by atoms with van der Waals surface area (Å²) < 4.78 is 5.26. The van der Waals surface area contributed by atoms with Crippen LogP contribution in [0.1, 0.15) is 63.6 Å². The Labute approximate surface area is 148 Å². The third kappa shape index (κ3) is 3.85. The number of amides is 2. The molecule has 0 spiro atoms. The van der Waals surface area contributed by atoms with Crippen LogP contribution in [0.3, 0.4) is 0 Å². The van der Waals surface area contributed by atoms with Crippen LogP contribution in [0, 0.1) is 12.8 Å². The molecular formula is C18H28N4O3. The van der Waals surface area contributed by atoms with Gasteiger partial charge in [0.15, 0.2) is 5.82 Å². The topological polar surface area (TPSA) is 79.5 Å². The van der Waals surface area contributed by atoms with E-state index in [9.17, 15) is 9.59 Å². The van der Waals surface area contributed by atoms with Gasteiger partial charge in [0.05, 0.1) is 5.92 Å². The number of piperidine rings is 1. The fraction of sp³-hybridized carbons (Fsp3) is 0.778. The summed E-state index contributed by atoms with van der Waals surface area (Å²) in [5.74, 6) is 1.63. The molecule has 2 aliphatic rings. The first-order valence-electron chi connectivity index (χ1n) is 9.38. The lowest BCUT2D eigenvalue weighted by Crippen LogP contribution is -2.42. The first-order chi connectivity index (χ1) is 12.0. The van der Waals surface area contributed by atoms with Crippen molar-refractivity contribution in [3.63, 3.8) is 0 Å². The predicted molar refractivity (Wildman–Crippen MR) is 91.8 cm³/mol. The second kappa shape index (κ2) is 7.54. The number of aryl methyl sites for hydroxylation is 1. The predicted octanol–water partition coefficient (Wildman–Crippen LogP) is 2.12. The smallest absolute Gasteiger partial charge is 0.229 e. The maximum atomic E-state index is 12.8. The van der Waals surface area contributed by atoms with Crippen LogP contribution in [-0.2, 0) is 9.59 Å². The second-order valence-electron chi connectivity index (χ2n) is 7.36.